The molecule has 1 aromatic carbocycles. The van der Waals surface area contributed by atoms with Crippen LogP contribution in [0.25, 0.3) is 0 Å². The Bertz CT molecular complexity index is 1400. The average Bonchev–Trinajstić information content (AvgIpc) is 3.47. The van der Waals surface area contributed by atoms with Gasteiger partial charge in [-0.3, -0.25) is 4.79 Å². The highest BCUT2D eigenvalue weighted by Gasteiger charge is 2.47. The number of amides is 1. The highest BCUT2D eigenvalue weighted by atomic mass is 16.5. The predicted molar refractivity (Wildman–Crippen MR) is 157 cm³/mol. The van der Waals surface area contributed by atoms with Crippen LogP contribution < -0.4 is 14.5 Å². The first-order valence-corrected chi connectivity index (χ1v) is 15.2. The summed E-state index contributed by atoms with van der Waals surface area (Å²) in [6.45, 7) is 8.72. The van der Waals surface area contributed by atoms with Crippen LogP contribution in [0.4, 0.5) is 11.5 Å². The molecule has 4 heterocycles. The summed E-state index contributed by atoms with van der Waals surface area (Å²) in [7, 11) is 2.15. The van der Waals surface area contributed by atoms with Gasteiger partial charge in [-0.15, -0.1) is 0 Å². The van der Waals surface area contributed by atoms with Gasteiger partial charge in [-0.05, 0) is 80.8 Å². The molecule has 9 nitrogen and oxygen atoms in total. The Morgan fingerprint density at radius 2 is 2.10 bits per heavy atom. The van der Waals surface area contributed by atoms with Gasteiger partial charge in [0.1, 0.15) is 12.4 Å². The lowest BCUT2D eigenvalue weighted by Crippen LogP contribution is -2.55. The molecule has 0 radical (unpaired) electrons. The Balaban J connectivity index is 1.20. The number of carbonyl (C=O) groups excluding carboxylic acids is 1. The molecular formula is C32H39N7O2. The van der Waals surface area contributed by atoms with Crippen molar-refractivity contribution in [2.24, 2.45) is 5.92 Å². The summed E-state index contributed by atoms with van der Waals surface area (Å²) in [5, 5.41) is 9.52. The minimum absolute atomic E-state index is 0.122. The number of nitriles is 1. The summed E-state index contributed by atoms with van der Waals surface area (Å²) in [5.41, 5.74) is 6.67. The van der Waals surface area contributed by atoms with Crippen LogP contribution in [-0.2, 0) is 24.2 Å². The van der Waals surface area contributed by atoms with Crippen molar-refractivity contribution in [3.8, 4) is 12.1 Å². The quantitative estimate of drug-likeness (QED) is 0.483. The molecule has 1 amide bonds. The van der Waals surface area contributed by atoms with Crippen LogP contribution in [0.3, 0.4) is 0 Å². The van der Waals surface area contributed by atoms with E-state index in [2.05, 4.69) is 52.6 Å². The number of benzene rings is 1. The largest absolute Gasteiger partial charge is 0.462 e. The summed E-state index contributed by atoms with van der Waals surface area (Å²) in [6, 6.07) is 9.69. The third-order valence-corrected chi connectivity index (χ3v) is 9.96. The molecule has 0 N–H and O–H groups in total. The van der Waals surface area contributed by atoms with Crippen LogP contribution in [0, 0.1) is 17.2 Å². The molecule has 2 aromatic rings. The standard InChI is InChI=1S/C32H39N7O2/c1-3-29(40)39-15-14-38(18-23(39)9-11-33)31-25-10-13-37(28-8-4-6-21-16-22-17-26(22)30(21)28)19-27(25)34-32(35-31)41-20-24-7-5-12-36(24)2/h3-4,6,8,22-24,26H,1,5,7,9-10,12-20H2,2H3/t22-,23+,24+,26+/m1/s1. The molecule has 41 heavy (non-hydrogen) atoms. The van der Waals surface area contributed by atoms with Crippen LogP contribution in [0.1, 0.15) is 54.0 Å². The predicted octanol–water partition coefficient (Wildman–Crippen LogP) is 3.29. The fraction of sp³-hybridized carbons (Fsp3) is 0.562. The van der Waals surface area contributed by atoms with Gasteiger partial charge >= 0.3 is 6.01 Å². The Hall–Kier alpha value is -3.64. The van der Waals surface area contributed by atoms with E-state index in [1.54, 1.807) is 10.5 Å². The van der Waals surface area contributed by atoms with Crippen LogP contribution in [0.5, 0.6) is 6.01 Å². The van der Waals surface area contributed by atoms with Gasteiger partial charge in [0, 0.05) is 43.5 Å². The van der Waals surface area contributed by atoms with Gasteiger partial charge < -0.3 is 24.3 Å². The Morgan fingerprint density at radius 3 is 2.90 bits per heavy atom. The molecule has 3 aliphatic heterocycles. The van der Waals surface area contributed by atoms with Gasteiger partial charge in [0.25, 0.3) is 0 Å². The Kier molecular flexibility index (Phi) is 6.82. The lowest BCUT2D eigenvalue weighted by atomic mass is 9.99. The average molecular weight is 554 g/mol. The topological polar surface area (TPSA) is 88.8 Å². The number of piperazine rings is 1. The third kappa shape index (κ3) is 4.82. The summed E-state index contributed by atoms with van der Waals surface area (Å²) in [4.78, 5) is 31.4. The summed E-state index contributed by atoms with van der Waals surface area (Å²) >= 11 is 0. The second kappa shape index (κ2) is 10.6. The van der Waals surface area contributed by atoms with Gasteiger partial charge in [-0.1, -0.05) is 18.7 Å². The van der Waals surface area contributed by atoms with Crippen molar-refractivity contribution in [2.75, 3.05) is 56.2 Å². The monoisotopic (exact) mass is 553 g/mol. The first-order chi connectivity index (χ1) is 20.0. The van der Waals surface area contributed by atoms with Crippen LogP contribution >= 0.6 is 0 Å². The second-order valence-corrected chi connectivity index (χ2v) is 12.4. The number of aromatic nitrogens is 2. The van der Waals surface area contributed by atoms with Crippen molar-refractivity contribution in [3.05, 3.63) is 53.2 Å². The van der Waals surface area contributed by atoms with Gasteiger partial charge in [0.05, 0.1) is 30.8 Å². The van der Waals surface area contributed by atoms with Crippen LogP contribution in [0.2, 0.25) is 0 Å². The number of likely N-dealkylation sites (tertiary alicyclic amines) is 1. The number of likely N-dealkylation sites (N-methyl/N-ethyl adjacent to an activating group) is 1. The SMILES string of the molecule is C=CC(=O)N1CCN(c2nc(OC[C@@H]3CCCN3C)nc3c2CCN(c2cccc4c2[C@H]2C[C@H]2C4)C3)C[C@@H]1CC#N. The number of hydrogen-bond acceptors (Lipinski definition) is 8. The Morgan fingerprint density at radius 1 is 1.20 bits per heavy atom. The molecular weight excluding hydrogens is 514 g/mol. The summed E-state index contributed by atoms with van der Waals surface area (Å²) in [5.74, 6) is 2.36. The maximum absolute atomic E-state index is 12.5. The first kappa shape index (κ1) is 26.3. The van der Waals surface area contributed by atoms with E-state index >= 15 is 0 Å². The molecule has 0 spiro atoms. The smallest absolute Gasteiger partial charge is 0.318 e. The van der Waals surface area contributed by atoms with E-state index in [9.17, 15) is 10.1 Å². The van der Waals surface area contributed by atoms with Gasteiger partial charge in [-0.25, -0.2) is 0 Å². The normalized spacial score (nSPS) is 26.7. The molecule has 2 aliphatic carbocycles. The minimum Gasteiger partial charge on any atom is -0.462 e. The molecule has 214 valence electrons. The molecule has 0 bridgehead atoms. The molecule has 5 aliphatic rings. The van der Waals surface area contributed by atoms with Crippen molar-refractivity contribution in [3.63, 3.8) is 0 Å². The molecule has 7 rings (SSSR count). The van der Waals surface area contributed by atoms with Crippen LogP contribution in [0.15, 0.2) is 30.9 Å². The second-order valence-electron chi connectivity index (χ2n) is 12.4. The lowest BCUT2D eigenvalue weighted by Gasteiger charge is -2.42. The van der Waals surface area contributed by atoms with E-state index in [1.165, 1.54) is 42.2 Å². The lowest BCUT2D eigenvalue weighted by molar-refractivity contribution is -0.128. The van der Waals surface area contributed by atoms with Crippen LogP contribution in [-0.4, -0.2) is 84.1 Å². The zero-order valence-corrected chi connectivity index (χ0v) is 24.0. The highest BCUT2D eigenvalue weighted by molar-refractivity contribution is 5.87. The molecule has 1 aromatic heterocycles. The van der Waals surface area contributed by atoms with E-state index in [0.29, 0.717) is 38.3 Å². The number of ether oxygens (including phenoxy) is 1. The van der Waals surface area contributed by atoms with Crippen molar-refractivity contribution in [1.29, 1.82) is 5.26 Å². The fourth-order valence-corrected chi connectivity index (χ4v) is 7.61. The van der Waals surface area contributed by atoms with Crippen molar-refractivity contribution < 1.29 is 9.53 Å². The maximum atomic E-state index is 12.5. The number of carbonyl (C=O) groups is 1. The third-order valence-electron chi connectivity index (χ3n) is 9.96. The van der Waals surface area contributed by atoms with Crippen molar-refractivity contribution in [2.45, 2.75) is 63.1 Å². The molecule has 0 unspecified atom stereocenters. The number of fused-ring (bicyclic) bond motifs is 4. The maximum Gasteiger partial charge on any atom is 0.318 e. The molecule has 3 fully saturated rings. The van der Waals surface area contributed by atoms with E-state index in [4.69, 9.17) is 14.7 Å². The van der Waals surface area contributed by atoms with E-state index < -0.39 is 0 Å². The zero-order valence-electron chi connectivity index (χ0n) is 24.0. The van der Waals surface area contributed by atoms with Gasteiger partial charge in [-0.2, -0.15) is 15.2 Å². The molecule has 1 saturated carbocycles. The fourth-order valence-electron chi connectivity index (χ4n) is 7.61. The molecule has 4 atom stereocenters. The zero-order chi connectivity index (χ0) is 28.1. The Labute approximate surface area is 242 Å². The highest BCUT2D eigenvalue weighted by Crippen LogP contribution is 2.59. The van der Waals surface area contributed by atoms with Crippen molar-refractivity contribution in [1.82, 2.24) is 19.8 Å². The number of hydrogen-bond donors (Lipinski definition) is 0. The summed E-state index contributed by atoms with van der Waals surface area (Å²) in [6.07, 6.45) is 7.34. The number of rotatable bonds is 7. The van der Waals surface area contributed by atoms with Gasteiger partial charge in [0.15, 0.2) is 0 Å². The van der Waals surface area contributed by atoms with E-state index in [0.717, 1.165) is 55.8 Å². The molecule has 9 heteroatoms. The minimum atomic E-state index is -0.208. The van der Waals surface area contributed by atoms with E-state index in [1.807, 2.05) is 0 Å². The first-order valence-electron chi connectivity index (χ1n) is 15.2. The number of anilines is 2. The molecule has 2 saturated heterocycles. The summed E-state index contributed by atoms with van der Waals surface area (Å²) < 4.78 is 6.31. The van der Waals surface area contributed by atoms with Gasteiger partial charge in [0.2, 0.25) is 5.91 Å². The van der Waals surface area contributed by atoms with Crippen molar-refractivity contribution >= 4 is 17.4 Å². The number of nitrogens with zero attached hydrogens (tertiary/aromatic N) is 7. The van der Waals surface area contributed by atoms with E-state index in [-0.39, 0.29) is 18.4 Å².